The van der Waals surface area contributed by atoms with Gasteiger partial charge in [0.25, 0.3) is 0 Å². The number of benzene rings is 3. The minimum atomic E-state index is -4.87. The van der Waals surface area contributed by atoms with Crippen LogP contribution < -0.4 is 14.2 Å². The van der Waals surface area contributed by atoms with Crippen LogP contribution in [0, 0.1) is 10.1 Å². The molecule has 0 saturated carbocycles. The summed E-state index contributed by atoms with van der Waals surface area (Å²) in [6, 6.07) is 14.4. The number of hydrogen-bond donors (Lipinski definition) is 0. The standard InChI is InChI=1S/C30H24ClF6N3O8/c1-44-25-11-6-20(13-21(25)12-18-2-7-22(8-3-18)47-29(32,33)34)27(41)46-17-24(14-39-15-26(40(42)43)38-28(39)31)45-16-19-4-9-23(10-5-19)48-30(35,36)37/h2-11,13,15,24H,12,14,16-17H2,1H3. The number of aromatic nitrogens is 2. The van der Waals surface area contributed by atoms with Crippen molar-refractivity contribution in [2.24, 2.45) is 0 Å². The molecule has 0 N–H and O–H groups in total. The molecule has 1 unspecified atom stereocenters. The Kier molecular flexibility index (Phi) is 11.4. The van der Waals surface area contributed by atoms with Crippen molar-refractivity contribution in [2.45, 2.75) is 38.4 Å². The molecule has 0 radical (unpaired) electrons. The Labute approximate surface area is 272 Å². The summed E-state index contributed by atoms with van der Waals surface area (Å²) >= 11 is 6.04. The van der Waals surface area contributed by atoms with Crippen LogP contribution in [0.2, 0.25) is 5.28 Å². The summed E-state index contributed by atoms with van der Waals surface area (Å²) in [5.74, 6) is -1.78. The SMILES string of the molecule is COc1ccc(C(=O)OCC(Cn2cc([N+](=O)[O-])nc2Cl)OCc2ccc(OC(F)(F)F)cc2)cc1Cc1ccc(OC(F)(F)F)cc1. The highest BCUT2D eigenvalue weighted by molar-refractivity contribution is 6.28. The van der Waals surface area contributed by atoms with E-state index in [1.807, 2.05) is 0 Å². The lowest BCUT2D eigenvalue weighted by Crippen LogP contribution is -2.27. The predicted molar refractivity (Wildman–Crippen MR) is 155 cm³/mol. The molecule has 1 heterocycles. The first-order valence-electron chi connectivity index (χ1n) is 13.6. The molecule has 11 nitrogen and oxygen atoms in total. The lowest BCUT2D eigenvalue weighted by molar-refractivity contribution is -0.389. The molecule has 4 aromatic rings. The third kappa shape index (κ3) is 10.8. The summed E-state index contributed by atoms with van der Waals surface area (Å²) in [6.45, 7) is -0.717. The first-order chi connectivity index (χ1) is 22.6. The normalized spacial score (nSPS) is 12.3. The molecule has 256 valence electrons. The third-order valence-electron chi connectivity index (χ3n) is 6.41. The van der Waals surface area contributed by atoms with Gasteiger partial charge in [0.1, 0.15) is 36.2 Å². The summed E-state index contributed by atoms with van der Waals surface area (Å²) < 4.78 is 101. The highest BCUT2D eigenvalue weighted by Gasteiger charge is 2.32. The maximum atomic E-state index is 13.1. The van der Waals surface area contributed by atoms with Gasteiger partial charge in [-0.1, -0.05) is 24.3 Å². The number of hydrogen-bond acceptors (Lipinski definition) is 9. The van der Waals surface area contributed by atoms with E-state index in [0.29, 0.717) is 22.4 Å². The zero-order valence-electron chi connectivity index (χ0n) is 24.6. The van der Waals surface area contributed by atoms with Crippen LogP contribution in [-0.2, 0) is 29.0 Å². The number of nitro groups is 1. The summed E-state index contributed by atoms with van der Waals surface area (Å²) in [5, 5.41) is 10.9. The number of imidazole rings is 1. The average molecular weight is 704 g/mol. The van der Waals surface area contributed by atoms with Gasteiger partial charge in [0, 0.05) is 6.42 Å². The minimum Gasteiger partial charge on any atom is -0.496 e. The summed E-state index contributed by atoms with van der Waals surface area (Å²) in [6.07, 6.45) is -9.45. The van der Waals surface area contributed by atoms with Gasteiger partial charge in [0.2, 0.25) is 0 Å². The van der Waals surface area contributed by atoms with Crippen molar-refractivity contribution in [3.05, 3.63) is 111 Å². The van der Waals surface area contributed by atoms with Crippen molar-refractivity contribution in [3.63, 3.8) is 0 Å². The molecule has 0 aliphatic rings. The van der Waals surface area contributed by atoms with Crippen molar-refractivity contribution < 1.29 is 59.7 Å². The number of nitrogens with zero attached hydrogens (tertiary/aromatic N) is 3. The number of esters is 1. The monoisotopic (exact) mass is 703 g/mol. The summed E-state index contributed by atoms with van der Waals surface area (Å²) in [7, 11) is 1.40. The molecular weight excluding hydrogens is 680 g/mol. The quantitative estimate of drug-likeness (QED) is 0.0577. The van der Waals surface area contributed by atoms with E-state index in [4.69, 9.17) is 25.8 Å². The number of methoxy groups -OCH3 is 1. The zero-order chi connectivity index (χ0) is 35.1. The fraction of sp³-hybridized carbons (Fsp3) is 0.267. The molecule has 18 heteroatoms. The smallest absolute Gasteiger partial charge is 0.496 e. The zero-order valence-corrected chi connectivity index (χ0v) is 25.3. The molecule has 3 aromatic carbocycles. The van der Waals surface area contributed by atoms with Gasteiger partial charge < -0.3 is 33.8 Å². The van der Waals surface area contributed by atoms with Crippen LogP contribution in [0.3, 0.4) is 0 Å². The van der Waals surface area contributed by atoms with Crippen molar-refractivity contribution in [3.8, 4) is 17.2 Å². The predicted octanol–water partition coefficient (Wildman–Crippen LogP) is 7.28. The van der Waals surface area contributed by atoms with Crippen LogP contribution >= 0.6 is 11.6 Å². The molecule has 4 rings (SSSR count). The molecule has 0 bridgehead atoms. The van der Waals surface area contributed by atoms with Crippen LogP contribution in [-0.4, -0.2) is 53.0 Å². The summed E-state index contributed by atoms with van der Waals surface area (Å²) in [5.41, 5.74) is 1.63. The fourth-order valence-electron chi connectivity index (χ4n) is 4.30. The van der Waals surface area contributed by atoms with Crippen molar-refractivity contribution in [1.82, 2.24) is 9.55 Å². The molecule has 0 fully saturated rings. The van der Waals surface area contributed by atoms with E-state index >= 15 is 0 Å². The van der Waals surface area contributed by atoms with E-state index in [9.17, 15) is 41.3 Å². The average Bonchev–Trinajstić information content (AvgIpc) is 3.38. The van der Waals surface area contributed by atoms with Crippen LogP contribution in [0.5, 0.6) is 17.2 Å². The fourth-order valence-corrected chi connectivity index (χ4v) is 4.50. The van der Waals surface area contributed by atoms with Crippen LogP contribution in [0.4, 0.5) is 32.2 Å². The second kappa shape index (κ2) is 15.2. The van der Waals surface area contributed by atoms with Crippen molar-refractivity contribution in [1.29, 1.82) is 0 Å². The van der Waals surface area contributed by atoms with Gasteiger partial charge in [0.05, 0.1) is 25.8 Å². The highest BCUT2D eigenvalue weighted by atomic mass is 35.5. The van der Waals surface area contributed by atoms with Gasteiger partial charge in [-0.3, -0.25) is 4.57 Å². The highest BCUT2D eigenvalue weighted by Crippen LogP contribution is 2.27. The molecule has 48 heavy (non-hydrogen) atoms. The lowest BCUT2D eigenvalue weighted by atomic mass is 10.0. The van der Waals surface area contributed by atoms with E-state index < -0.39 is 53.6 Å². The van der Waals surface area contributed by atoms with Crippen molar-refractivity contribution >= 4 is 23.4 Å². The number of rotatable bonds is 14. The molecule has 1 aromatic heterocycles. The van der Waals surface area contributed by atoms with E-state index in [0.717, 1.165) is 30.5 Å². The van der Waals surface area contributed by atoms with Gasteiger partial charge in [0.15, 0.2) is 0 Å². The van der Waals surface area contributed by atoms with Gasteiger partial charge in [-0.2, -0.15) is 0 Å². The Balaban J connectivity index is 1.46. The summed E-state index contributed by atoms with van der Waals surface area (Å²) in [4.78, 5) is 27.1. The Morgan fingerprint density at radius 3 is 2.04 bits per heavy atom. The second-order valence-electron chi connectivity index (χ2n) is 9.90. The Bertz CT molecular complexity index is 1710. The molecule has 0 saturated heterocycles. The Morgan fingerprint density at radius 2 is 1.52 bits per heavy atom. The molecule has 0 spiro atoms. The number of carbonyl (C=O) groups is 1. The van der Waals surface area contributed by atoms with Gasteiger partial charge in [-0.25, -0.2) is 4.79 Å². The lowest BCUT2D eigenvalue weighted by Gasteiger charge is -2.19. The number of carbonyl (C=O) groups excluding carboxylic acids is 1. The van der Waals surface area contributed by atoms with E-state index in [2.05, 4.69) is 14.5 Å². The van der Waals surface area contributed by atoms with E-state index in [1.54, 1.807) is 0 Å². The van der Waals surface area contributed by atoms with Gasteiger partial charge in [-0.05, 0) is 80.7 Å². The topological polar surface area (TPSA) is 124 Å². The Morgan fingerprint density at radius 1 is 0.938 bits per heavy atom. The number of alkyl halides is 6. The van der Waals surface area contributed by atoms with Crippen LogP contribution in [0.15, 0.2) is 72.9 Å². The maximum Gasteiger partial charge on any atom is 0.573 e. The molecule has 0 aliphatic carbocycles. The molecule has 0 aliphatic heterocycles. The van der Waals surface area contributed by atoms with Gasteiger partial charge >= 0.3 is 29.8 Å². The van der Waals surface area contributed by atoms with Crippen LogP contribution in [0.1, 0.15) is 27.0 Å². The second-order valence-corrected chi connectivity index (χ2v) is 10.2. The first-order valence-corrected chi connectivity index (χ1v) is 14.0. The Hall–Kier alpha value is -5.03. The maximum absolute atomic E-state index is 13.1. The molecule has 0 amide bonds. The van der Waals surface area contributed by atoms with E-state index in [-0.39, 0.29) is 30.4 Å². The number of ether oxygens (including phenoxy) is 5. The van der Waals surface area contributed by atoms with Crippen molar-refractivity contribution in [2.75, 3.05) is 13.7 Å². The number of halogens is 7. The molecular formula is C30H24ClF6N3O8. The minimum absolute atomic E-state index is 0.0955. The van der Waals surface area contributed by atoms with E-state index in [1.165, 1.54) is 54.1 Å². The molecule has 1 atom stereocenters. The van der Waals surface area contributed by atoms with Gasteiger partial charge in [-0.15, -0.1) is 26.3 Å². The third-order valence-corrected chi connectivity index (χ3v) is 6.71. The van der Waals surface area contributed by atoms with Crippen LogP contribution in [0.25, 0.3) is 0 Å². The first kappa shape index (κ1) is 35.8. The largest absolute Gasteiger partial charge is 0.573 e.